The average molecular weight is 300 g/mol. The molecule has 0 radical (unpaired) electrons. The summed E-state index contributed by atoms with van der Waals surface area (Å²) in [7, 11) is 0.572. The maximum absolute atomic E-state index is 7.00. The van der Waals surface area contributed by atoms with E-state index in [0.29, 0.717) is 6.61 Å². The van der Waals surface area contributed by atoms with Crippen LogP contribution in [-0.2, 0) is 15.9 Å². The van der Waals surface area contributed by atoms with Crippen LogP contribution in [0, 0.1) is 13.8 Å². The molecule has 0 bridgehead atoms. The lowest BCUT2D eigenvalue weighted by Gasteiger charge is -2.14. The van der Waals surface area contributed by atoms with Crippen molar-refractivity contribution in [3.63, 3.8) is 0 Å². The van der Waals surface area contributed by atoms with E-state index in [1.807, 2.05) is 0 Å². The molecule has 4 heteroatoms. The van der Waals surface area contributed by atoms with Gasteiger partial charge in [-0.1, -0.05) is 37.1 Å². The first kappa shape index (κ1) is 19.5. The summed E-state index contributed by atoms with van der Waals surface area (Å²) in [5.74, 6) is 0. The zero-order valence-electron chi connectivity index (χ0n) is 13.5. The standard InChI is InChI=1S/C15H25O2P.CH4O/c1-5-6-9-17-18(4)12-16-11-15-10-13(2)7-8-14(15)3;1-2/h7-8,10H,5-6,9,11-12H2,1-4H3;2H,1H3. The van der Waals surface area contributed by atoms with Crippen LogP contribution < -0.4 is 0 Å². The zero-order chi connectivity index (χ0) is 15.4. The number of aliphatic hydroxyl groups is 1. The second kappa shape index (κ2) is 12.3. The highest BCUT2D eigenvalue weighted by molar-refractivity contribution is 7.51. The molecule has 1 atom stereocenters. The lowest BCUT2D eigenvalue weighted by Crippen LogP contribution is -1.99. The number of benzene rings is 1. The fourth-order valence-corrected chi connectivity index (χ4v) is 2.51. The molecule has 0 spiro atoms. The van der Waals surface area contributed by atoms with Gasteiger partial charge in [-0.25, -0.2) is 0 Å². The molecule has 1 aromatic rings. The summed E-state index contributed by atoms with van der Waals surface area (Å²) >= 11 is 0. The fourth-order valence-electron chi connectivity index (χ4n) is 1.64. The smallest absolute Gasteiger partial charge is 0.0909 e. The molecule has 0 aromatic heterocycles. The molecule has 1 N–H and O–H groups in total. The predicted octanol–water partition coefficient (Wildman–Crippen LogP) is 4.23. The summed E-state index contributed by atoms with van der Waals surface area (Å²) in [6, 6.07) is 6.49. The van der Waals surface area contributed by atoms with E-state index in [9.17, 15) is 0 Å². The van der Waals surface area contributed by atoms with E-state index in [4.69, 9.17) is 14.4 Å². The van der Waals surface area contributed by atoms with Crippen molar-refractivity contribution in [1.29, 1.82) is 0 Å². The van der Waals surface area contributed by atoms with Crippen LogP contribution in [0.25, 0.3) is 0 Å². The molecule has 1 rings (SSSR count). The van der Waals surface area contributed by atoms with Gasteiger partial charge in [0.05, 0.1) is 27.7 Å². The Morgan fingerprint density at radius 3 is 2.55 bits per heavy atom. The number of aryl methyl sites for hydroxylation is 2. The van der Waals surface area contributed by atoms with Crippen molar-refractivity contribution < 1.29 is 14.4 Å². The SMILES string of the molecule is CCCCOP(C)COCc1cc(C)ccc1C.CO. The van der Waals surface area contributed by atoms with Gasteiger partial charge in [0.2, 0.25) is 0 Å². The Hall–Kier alpha value is -0.470. The van der Waals surface area contributed by atoms with Gasteiger partial charge in [-0.05, 0) is 38.1 Å². The third-order valence-corrected chi connectivity index (χ3v) is 4.01. The molecule has 0 saturated carbocycles. The second-order valence-electron chi connectivity index (χ2n) is 4.72. The van der Waals surface area contributed by atoms with Gasteiger partial charge in [-0.3, -0.25) is 0 Å². The Morgan fingerprint density at radius 2 is 1.90 bits per heavy atom. The molecule has 0 amide bonds. The van der Waals surface area contributed by atoms with Gasteiger partial charge in [0.15, 0.2) is 0 Å². The molecule has 0 aliphatic rings. The molecular formula is C16H29O3P. The zero-order valence-corrected chi connectivity index (χ0v) is 14.4. The molecule has 1 aromatic carbocycles. The van der Waals surface area contributed by atoms with E-state index in [-0.39, 0.29) is 0 Å². The Kier molecular flexibility index (Phi) is 12.0. The van der Waals surface area contributed by atoms with Crippen molar-refractivity contribution in [3.8, 4) is 0 Å². The molecule has 3 nitrogen and oxygen atoms in total. The first-order chi connectivity index (χ1) is 9.63. The Balaban J connectivity index is 0.00000172. The highest BCUT2D eigenvalue weighted by Crippen LogP contribution is 2.32. The largest absolute Gasteiger partial charge is 0.400 e. The Morgan fingerprint density at radius 1 is 1.20 bits per heavy atom. The molecule has 116 valence electrons. The summed E-state index contributed by atoms with van der Waals surface area (Å²) in [6.45, 7) is 10.1. The first-order valence-electron chi connectivity index (χ1n) is 7.06. The average Bonchev–Trinajstić information content (AvgIpc) is 2.45. The van der Waals surface area contributed by atoms with Gasteiger partial charge in [0.1, 0.15) is 0 Å². The normalized spacial score (nSPS) is 11.7. The van der Waals surface area contributed by atoms with Gasteiger partial charge in [-0.2, -0.15) is 0 Å². The molecule has 0 aliphatic heterocycles. The van der Waals surface area contributed by atoms with E-state index < -0.39 is 8.15 Å². The van der Waals surface area contributed by atoms with Crippen LogP contribution in [0.4, 0.5) is 0 Å². The highest BCUT2D eigenvalue weighted by Gasteiger charge is 2.04. The maximum atomic E-state index is 7.00. The fraction of sp³-hybridized carbons (Fsp3) is 0.625. The predicted molar refractivity (Wildman–Crippen MR) is 87.4 cm³/mol. The van der Waals surface area contributed by atoms with Crippen molar-refractivity contribution in [3.05, 3.63) is 34.9 Å². The van der Waals surface area contributed by atoms with Crippen molar-refractivity contribution in [1.82, 2.24) is 0 Å². The lowest BCUT2D eigenvalue weighted by atomic mass is 10.1. The van der Waals surface area contributed by atoms with Crippen molar-refractivity contribution in [2.75, 3.05) is 26.7 Å². The first-order valence-corrected chi connectivity index (χ1v) is 8.95. The van der Waals surface area contributed by atoms with E-state index >= 15 is 0 Å². The molecule has 0 saturated heterocycles. The van der Waals surface area contributed by atoms with Crippen LogP contribution in [0.2, 0.25) is 0 Å². The maximum Gasteiger partial charge on any atom is 0.0909 e. The molecule has 0 heterocycles. The number of hydrogen-bond donors (Lipinski definition) is 1. The molecule has 0 aliphatic carbocycles. The van der Waals surface area contributed by atoms with Crippen LogP contribution in [0.1, 0.15) is 36.5 Å². The number of ether oxygens (including phenoxy) is 1. The summed E-state index contributed by atoms with van der Waals surface area (Å²) in [6.07, 6.45) is 3.06. The summed E-state index contributed by atoms with van der Waals surface area (Å²) < 4.78 is 11.5. The number of aliphatic hydroxyl groups excluding tert-OH is 1. The lowest BCUT2D eigenvalue weighted by molar-refractivity contribution is 0.157. The minimum absolute atomic E-state index is 0.428. The monoisotopic (exact) mass is 300 g/mol. The van der Waals surface area contributed by atoms with E-state index in [1.54, 1.807) is 0 Å². The molecule has 20 heavy (non-hydrogen) atoms. The van der Waals surface area contributed by atoms with Gasteiger partial charge in [0.25, 0.3) is 0 Å². The van der Waals surface area contributed by atoms with E-state index in [2.05, 4.69) is 45.6 Å². The molecular weight excluding hydrogens is 271 g/mol. The van der Waals surface area contributed by atoms with Crippen molar-refractivity contribution in [2.45, 2.75) is 40.2 Å². The van der Waals surface area contributed by atoms with Crippen LogP contribution in [0.15, 0.2) is 18.2 Å². The molecule has 1 unspecified atom stereocenters. The summed E-state index contributed by atoms with van der Waals surface area (Å²) in [4.78, 5) is 0. The van der Waals surface area contributed by atoms with Crippen molar-refractivity contribution in [2.24, 2.45) is 0 Å². The van der Waals surface area contributed by atoms with Crippen LogP contribution >= 0.6 is 8.15 Å². The number of unbranched alkanes of at least 4 members (excludes halogenated alkanes) is 1. The minimum Gasteiger partial charge on any atom is -0.400 e. The third-order valence-electron chi connectivity index (χ3n) is 2.84. The minimum atomic E-state index is -0.428. The topological polar surface area (TPSA) is 38.7 Å². The second-order valence-corrected chi connectivity index (χ2v) is 6.49. The van der Waals surface area contributed by atoms with E-state index in [1.165, 1.54) is 23.1 Å². The third kappa shape index (κ3) is 8.65. The quantitative estimate of drug-likeness (QED) is 0.577. The Labute approximate surface area is 125 Å². The van der Waals surface area contributed by atoms with E-state index in [0.717, 1.165) is 26.5 Å². The number of hydrogen-bond acceptors (Lipinski definition) is 3. The van der Waals surface area contributed by atoms with Crippen LogP contribution in [-0.4, -0.2) is 31.8 Å². The Bertz CT molecular complexity index is 356. The van der Waals surface area contributed by atoms with Gasteiger partial charge >= 0.3 is 0 Å². The van der Waals surface area contributed by atoms with Crippen LogP contribution in [0.3, 0.4) is 0 Å². The van der Waals surface area contributed by atoms with Crippen molar-refractivity contribution >= 4 is 8.15 Å². The van der Waals surface area contributed by atoms with Gasteiger partial charge in [-0.15, -0.1) is 0 Å². The van der Waals surface area contributed by atoms with Gasteiger partial charge < -0.3 is 14.4 Å². The highest BCUT2D eigenvalue weighted by atomic mass is 31.1. The summed E-state index contributed by atoms with van der Waals surface area (Å²) in [5.41, 5.74) is 3.87. The summed E-state index contributed by atoms with van der Waals surface area (Å²) in [5, 5.41) is 7.00. The van der Waals surface area contributed by atoms with Crippen LogP contribution in [0.5, 0.6) is 0 Å². The molecule has 0 fully saturated rings. The van der Waals surface area contributed by atoms with Gasteiger partial charge in [0, 0.05) is 7.11 Å². The number of rotatable bonds is 8.